The van der Waals surface area contributed by atoms with E-state index in [2.05, 4.69) is 11.1 Å². The van der Waals surface area contributed by atoms with Crippen molar-refractivity contribution in [3.8, 4) is 6.07 Å². The van der Waals surface area contributed by atoms with Gasteiger partial charge in [0.15, 0.2) is 0 Å². The van der Waals surface area contributed by atoms with Crippen molar-refractivity contribution in [3.05, 3.63) is 53.4 Å². The molecule has 0 amide bonds. The highest BCUT2D eigenvalue weighted by Crippen LogP contribution is 2.34. The number of aromatic nitrogens is 2. The van der Waals surface area contributed by atoms with Crippen LogP contribution in [0.3, 0.4) is 0 Å². The number of nitrogens with zero attached hydrogens (tertiary/aromatic N) is 3. The lowest BCUT2D eigenvalue weighted by atomic mass is 9.98. The van der Waals surface area contributed by atoms with E-state index in [9.17, 15) is 4.39 Å². The highest BCUT2D eigenvalue weighted by Gasteiger charge is 2.27. The Hall–Kier alpha value is -2.15. The number of nitriles is 1. The average Bonchev–Trinajstić information content (AvgIpc) is 2.91. The quantitative estimate of drug-likeness (QED) is 0.750. The molecule has 1 aliphatic rings. The molecule has 0 bridgehead atoms. The van der Waals surface area contributed by atoms with Gasteiger partial charge in [-0.05, 0) is 25.0 Å². The Morgan fingerprint density at radius 2 is 2.35 bits per heavy atom. The van der Waals surface area contributed by atoms with Crippen LogP contribution in [0, 0.1) is 17.1 Å². The second-order valence-electron chi connectivity index (χ2n) is 4.16. The summed E-state index contributed by atoms with van der Waals surface area (Å²) in [5, 5.41) is 9.06. The predicted molar refractivity (Wildman–Crippen MR) is 59.8 cm³/mol. The first kappa shape index (κ1) is 10.0. The number of fused-ring (bicyclic) bond motifs is 1. The lowest BCUT2D eigenvalue weighted by Crippen LogP contribution is -2.09. The van der Waals surface area contributed by atoms with Crippen LogP contribution in [-0.4, -0.2) is 9.55 Å². The van der Waals surface area contributed by atoms with Crippen LogP contribution in [0.25, 0.3) is 0 Å². The summed E-state index contributed by atoms with van der Waals surface area (Å²) in [5.74, 6) is -0.310. The zero-order chi connectivity index (χ0) is 11.8. The van der Waals surface area contributed by atoms with Crippen LogP contribution < -0.4 is 0 Å². The smallest absolute Gasteiger partial charge is 0.129 e. The fourth-order valence-electron chi connectivity index (χ4n) is 2.49. The van der Waals surface area contributed by atoms with E-state index in [4.69, 9.17) is 5.26 Å². The molecule has 1 unspecified atom stereocenters. The van der Waals surface area contributed by atoms with Gasteiger partial charge in [-0.3, -0.25) is 0 Å². The molecule has 0 spiro atoms. The maximum absolute atomic E-state index is 13.9. The SMILES string of the molecule is N#Cc1cccc(F)c1C1CCc2cncn21. The molecule has 17 heavy (non-hydrogen) atoms. The van der Waals surface area contributed by atoms with E-state index in [0.717, 1.165) is 18.5 Å². The molecule has 0 N–H and O–H groups in total. The minimum atomic E-state index is -0.310. The monoisotopic (exact) mass is 227 g/mol. The Bertz CT molecular complexity index is 609. The molecule has 1 aromatic carbocycles. The summed E-state index contributed by atoms with van der Waals surface area (Å²) in [6.07, 6.45) is 5.21. The van der Waals surface area contributed by atoms with Crippen molar-refractivity contribution in [2.24, 2.45) is 0 Å². The molecule has 1 aromatic heterocycles. The van der Waals surface area contributed by atoms with Crippen LogP contribution >= 0.6 is 0 Å². The largest absolute Gasteiger partial charge is 0.327 e. The Morgan fingerprint density at radius 3 is 3.18 bits per heavy atom. The number of imidazole rings is 1. The number of benzene rings is 1. The molecule has 0 fully saturated rings. The summed E-state index contributed by atoms with van der Waals surface area (Å²) in [4.78, 5) is 4.06. The standard InChI is InChI=1S/C13H10FN3/c14-11-3-1-2-9(6-15)13(11)12-5-4-10-7-16-8-17(10)12/h1-3,7-8,12H,4-5H2. The van der Waals surface area contributed by atoms with Gasteiger partial charge in [0.2, 0.25) is 0 Å². The maximum atomic E-state index is 13.9. The lowest BCUT2D eigenvalue weighted by molar-refractivity contribution is 0.544. The second-order valence-corrected chi connectivity index (χ2v) is 4.16. The molecule has 2 aromatic rings. The third kappa shape index (κ3) is 1.43. The van der Waals surface area contributed by atoms with E-state index in [0.29, 0.717) is 11.1 Å². The van der Waals surface area contributed by atoms with E-state index in [1.54, 1.807) is 24.7 Å². The van der Waals surface area contributed by atoms with Crippen molar-refractivity contribution in [2.45, 2.75) is 18.9 Å². The molecule has 3 rings (SSSR count). The van der Waals surface area contributed by atoms with E-state index in [1.165, 1.54) is 6.07 Å². The van der Waals surface area contributed by atoms with Crippen LogP contribution in [0.4, 0.5) is 4.39 Å². The topological polar surface area (TPSA) is 41.6 Å². The number of hydrogen-bond donors (Lipinski definition) is 0. The van der Waals surface area contributed by atoms with E-state index in [-0.39, 0.29) is 11.9 Å². The predicted octanol–water partition coefficient (Wildman–Crippen LogP) is 2.43. The summed E-state index contributed by atoms with van der Waals surface area (Å²) >= 11 is 0. The molecular formula is C13H10FN3. The molecule has 3 nitrogen and oxygen atoms in total. The van der Waals surface area contributed by atoms with Crippen LogP contribution in [0.15, 0.2) is 30.7 Å². The molecule has 0 saturated heterocycles. The third-order valence-corrected chi connectivity index (χ3v) is 3.26. The van der Waals surface area contributed by atoms with Gasteiger partial charge in [-0.25, -0.2) is 9.37 Å². The molecular weight excluding hydrogens is 217 g/mol. The first-order valence-electron chi connectivity index (χ1n) is 5.50. The molecule has 0 aliphatic carbocycles. The highest BCUT2D eigenvalue weighted by atomic mass is 19.1. The van der Waals surface area contributed by atoms with Gasteiger partial charge in [-0.15, -0.1) is 0 Å². The molecule has 2 heterocycles. The van der Waals surface area contributed by atoms with Crippen molar-refractivity contribution >= 4 is 0 Å². The van der Waals surface area contributed by atoms with Crippen molar-refractivity contribution in [2.75, 3.05) is 0 Å². The van der Waals surface area contributed by atoms with Gasteiger partial charge in [-0.1, -0.05) is 6.07 Å². The van der Waals surface area contributed by atoms with Gasteiger partial charge < -0.3 is 4.57 Å². The summed E-state index contributed by atoms with van der Waals surface area (Å²) in [6, 6.07) is 6.61. The van der Waals surface area contributed by atoms with E-state index >= 15 is 0 Å². The Labute approximate surface area is 98.1 Å². The number of rotatable bonds is 1. The minimum Gasteiger partial charge on any atom is -0.327 e. The van der Waals surface area contributed by atoms with Gasteiger partial charge >= 0.3 is 0 Å². The van der Waals surface area contributed by atoms with Gasteiger partial charge in [0.25, 0.3) is 0 Å². The van der Waals surface area contributed by atoms with Gasteiger partial charge in [-0.2, -0.15) is 5.26 Å². The van der Waals surface area contributed by atoms with Crippen LogP contribution in [0.2, 0.25) is 0 Å². The van der Waals surface area contributed by atoms with Crippen molar-refractivity contribution in [1.29, 1.82) is 5.26 Å². The lowest BCUT2D eigenvalue weighted by Gasteiger charge is -2.15. The van der Waals surface area contributed by atoms with Gasteiger partial charge in [0, 0.05) is 17.5 Å². The number of hydrogen-bond acceptors (Lipinski definition) is 2. The van der Waals surface area contributed by atoms with Crippen molar-refractivity contribution in [1.82, 2.24) is 9.55 Å². The van der Waals surface area contributed by atoms with Crippen LogP contribution in [0.1, 0.15) is 29.3 Å². The first-order valence-corrected chi connectivity index (χ1v) is 5.50. The third-order valence-electron chi connectivity index (χ3n) is 3.26. The Balaban J connectivity index is 2.16. The summed E-state index contributed by atoms with van der Waals surface area (Å²) in [7, 11) is 0. The summed E-state index contributed by atoms with van der Waals surface area (Å²) < 4.78 is 15.9. The van der Waals surface area contributed by atoms with E-state index < -0.39 is 0 Å². The number of halogens is 1. The highest BCUT2D eigenvalue weighted by molar-refractivity contribution is 5.41. The maximum Gasteiger partial charge on any atom is 0.129 e. The fraction of sp³-hybridized carbons (Fsp3) is 0.231. The molecule has 1 atom stereocenters. The summed E-state index contributed by atoms with van der Waals surface area (Å²) in [5.41, 5.74) is 2.01. The second kappa shape index (κ2) is 3.70. The number of aryl methyl sites for hydroxylation is 1. The first-order chi connectivity index (χ1) is 8.31. The Kier molecular flexibility index (Phi) is 2.19. The van der Waals surface area contributed by atoms with Gasteiger partial charge in [0.05, 0.1) is 24.0 Å². The Morgan fingerprint density at radius 1 is 1.47 bits per heavy atom. The zero-order valence-electron chi connectivity index (χ0n) is 9.10. The molecule has 0 radical (unpaired) electrons. The van der Waals surface area contributed by atoms with E-state index in [1.807, 2.05) is 4.57 Å². The molecule has 4 heteroatoms. The van der Waals surface area contributed by atoms with Crippen molar-refractivity contribution in [3.63, 3.8) is 0 Å². The molecule has 0 saturated carbocycles. The van der Waals surface area contributed by atoms with Crippen LogP contribution in [0.5, 0.6) is 0 Å². The van der Waals surface area contributed by atoms with Crippen LogP contribution in [-0.2, 0) is 6.42 Å². The summed E-state index contributed by atoms with van der Waals surface area (Å²) in [6.45, 7) is 0. The normalized spacial score (nSPS) is 17.8. The molecule has 84 valence electrons. The zero-order valence-corrected chi connectivity index (χ0v) is 9.10. The molecule has 1 aliphatic heterocycles. The minimum absolute atomic E-state index is 0.0941. The average molecular weight is 227 g/mol. The fourth-order valence-corrected chi connectivity index (χ4v) is 2.49. The van der Waals surface area contributed by atoms with Crippen molar-refractivity contribution < 1.29 is 4.39 Å². The van der Waals surface area contributed by atoms with Gasteiger partial charge in [0.1, 0.15) is 5.82 Å².